The number of likely N-dealkylation sites (N-methyl/N-ethyl adjacent to an activating group) is 1. The number of nitrogens with zero attached hydrogens (tertiary/aromatic N) is 1. The molecule has 0 radical (unpaired) electrons. The number of carbonyl (C=O) groups excluding carboxylic acids is 1. The zero-order valence-electron chi connectivity index (χ0n) is 14.6. The predicted molar refractivity (Wildman–Crippen MR) is 98.4 cm³/mol. The molecular formula is C21H22FNOS. The van der Waals surface area contributed by atoms with Crippen molar-refractivity contribution >= 4 is 17.7 Å². The molecule has 1 fully saturated rings. The van der Waals surface area contributed by atoms with Crippen LogP contribution in [0.4, 0.5) is 4.39 Å². The van der Waals surface area contributed by atoms with E-state index >= 15 is 0 Å². The van der Waals surface area contributed by atoms with Gasteiger partial charge >= 0.3 is 0 Å². The fourth-order valence-electron chi connectivity index (χ4n) is 4.48. The van der Waals surface area contributed by atoms with Gasteiger partial charge in [0.15, 0.2) is 0 Å². The first-order valence-corrected chi connectivity index (χ1v) is 9.62. The lowest BCUT2D eigenvalue weighted by Crippen LogP contribution is -2.56. The SMILES string of the molecule is CN1C(=O)CC[C@]2(C)c3ccc(Sc4ccccc4F)cc3CC[C@@H]12. The number of amides is 1. The van der Waals surface area contributed by atoms with Crippen molar-refractivity contribution in [2.75, 3.05) is 7.05 Å². The van der Waals surface area contributed by atoms with E-state index < -0.39 is 0 Å². The van der Waals surface area contributed by atoms with Crippen molar-refractivity contribution in [2.24, 2.45) is 0 Å². The van der Waals surface area contributed by atoms with E-state index in [4.69, 9.17) is 0 Å². The van der Waals surface area contributed by atoms with Crippen LogP contribution in [0.15, 0.2) is 52.3 Å². The van der Waals surface area contributed by atoms with Crippen LogP contribution in [0, 0.1) is 5.82 Å². The van der Waals surface area contributed by atoms with Crippen molar-refractivity contribution in [1.29, 1.82) is 0 Å². The molecule has 0 N–H and O–H groups in total. The Labute approximate surface area is 152 Å². The second-order valence-electron chi connectivity index (χ2n) is 7.33. The Morgan fingerprint density at radius 2 is 2.00 bits per heavy atom. The summed E-state index contributed by atoms with van der Waals surface area (Å²) in [4.78, 5) is 15.8. The maximum atomic E-state index is 13.9. The van der Waals surface area contributed by atoms with Gasteiger partial charge in [0, 0.05) is 34.7 Å². The maximum absolute atomic E-state index is 13.9. The topological polar surface area (TPSA) is 20.3 Å². The van der Waals surface area contributed by atoms with Gasteiger partial charge < -0.3 is 4.90 Å². The molecule has 2 atom stereocenters. The minimum absolute atomic E-state index is 0.0252. The highest BCUT2D eigenvalue weighted by molar-refractivity contribution is 7.99. The second kappa shape index (κ2) is 6.17. The third-order valence-electron chi connectivity index (χ3n) is 5.90. The molecule has 2 aliphatic rings. The Kier molecular flexibility index (Phi) is 4.11. The summed E-state index contributed by atoms with van der Waals surface area (Å²) < 4.78 is 13.9. The summed E-state index contributed by atoms with van der Waals surface area (Å²) in [6.45, 7) is 2.29. The molecule has 0 aromatic heterocycles. The van der Waals surface area contributed by atoms with E-state index in [2.05, 4.69) is 25.1 Å². The second-order valence-corrected chi connectivity index (χ2v) is 8.44. The van der Waals surface area contributed by atoms with E-state index in [0.717, 1.165) is 24.2 Å². The Hall–Kier alpha value is -1.81. The third kappa shape index (κ3) is 2.77. The number of halogens is 1. The zero-order valence-corrected chi connectivity index (χ0v) is 15.4. The lowest BCUT2D eigenvalue weighted by molar-refractivity contribution is -0.138. The number of fused-ring (bicyclic) bond motifs is 3. The van der Waals surface area contributed by atoms with Crippen LogP contribution in [-0.4, -0.2) is 23.9 Å². The summed E-state index contributed by atoms with van der Waals surface area (Å²) in [6.07, 6.45) is 3.50. The van der Waals surface area contributed by atoms with Gasteiger partial charge in [0.2, 0.25) is 5.91 Å². The highest BCUT2D eigenvalue weighted by Gasteiger charge is 2.46. The Bertz CT molecular complexity index is 836. The molecule has 25 heavy (non-hydrogen) atoms. The first-order valence-electron chi connectivity index (χ1n) is 8.80. The number of benzene rings is 2. The molecule has 0 unspecified atom stereocenters. The zero-order chi connectivity index (χ0) is 17.6. The first-order chi connectivity index (χ1) is 12.0. The number of carbonyl (C=O) groups is 1. The number of piperidine rings is 1. The molecule has 2 nitrogen and oxygen atoms in total. The van der Waals surface area contributed by atoms with Crippen molar-refractivity contribution in [2.45, 2.75) is 53.9 Å². The molecule has 1 aliphatic heterocycles. The van der Waals surface area contributed by atoms with Crippen LogP contribution in [0.3, 0.4) is 0 Å². The molecule has 0 saturated carbocycles. The van der Waals surface area contributed by atoms with Gasteiger partial charge in [-0.3, -0.25) is 4.79 Å². The van der Waals surface area contributed by atoms with Crippen molar-refractivity contribution in [3.05, 3.63) is 59.4 Å². The number of aryl methyl sites for hydroxylation is 1. The minimum Gasteiger partial charge on any atom is -0.342 e. The lowest BCUT2D eigenvalue weighted by Gasteiger charge is -2.50. The van der Waals surface area contributed by atoms with Crippen molar-refractivity contribution in [1.82, 2.24) is 4.90 Å². The third-order valence-corrected chi connectivity index (χ3v) is 6.94. The van der Waals surface area contributed by atoms with Crippen LogP contribution in [-0.2, 0) is 16.6 Å². The van der Waals surface area contributed by atoms with Crippen molar-refractivity contribution in [3.8, 4) is 0 Å². The number of hydrogen-bond acceptors (Lipinski definition) is 2. The van der Waals surface area contributed by atoms with Crippen LogP contribution in [0.1, 0.15) is 37.3 Å². The smallest absolute Gasteiger partial charge is 0.222 e. The first kappa shape index (κ1) is 16.6. The van der Waals surface area contributed by atoms with E-state index in [-0.39, 0.29) is 23.2 Å². The van der Waals surface area contributed by atoms with Crippen molar-refractivity contribution < 1.29 is 9.18 Å². The maximum Gasteiger partial charge on any atom is 0.222 e. The summed E-state index contributed by atoms with van der Waals surface area (Å²) in [7, 11) is 1.94. The molecule has 2 aromatic carbocycles. The molecule has 1 aliphatic carbocycles. The van der Waals surface area contributed by atoms with Gasteiger partial charge in [-0.2, -0.15) is 0 Å². The minimum atomic E-state index is -0.176. The van der Waals surface area contributed by atoms with Gasteiger partial charge in [0.25, 0.3) is 0 Å². The Morgan fingerprint density at radius 3 is 2.80 bits per heavy atom. The number of likely N-dealkylation sites (tertiary alicyclic amines) is 1. The molecule has 1 heterocycles. The van der Waals surface area contributed by atoms with Gasteiger partial charge in [-0.05, 0) is 54.7 Å². The fraction of sp³-hybridized carbons (Fsp3) is 0.381. The van der Waals surface area contributed by atoms with E-state index in [9.17, 15) is 9.18 Å². The summed E-state index contributed by atoms with van der Waals surface area (Å²) >= 11 is 1.48. The van der Waals surface area contributed by atoms with Gasteiger partial charge in [0.1, 0.15) is 5.82 Å². The van der Waals surface area contributed by atoms with Crippen LogP contribution in [0.5, 0.6) is 0 Å². The van der Waals surface area contributed by atoms with Crippen LogP contribution in [0.25, 0.3) is 0 Å². The lowest BCUT2D eigenvalue weighted by atomic mass is 9.63. The molecule has 1 amide bonds. The molecule has 0 bridgehead atoms. The average Bonchev–Trinajstić information content (AvgIpc) is 2.60. The normalized spacial score (nSPS) is 25.5. The van der Waals surface area contributed by atoms with E-state index in [1.807, 2.05) is 24.1 Å². The van der Waals surface area contributed by atoms with Crippen LogP contribution in [0.2, 0.25) is 0 Å². The number of rotatable bonds is 2. The van der Waals surface area contributed by atoms with Crippen molar-refractivity contribution in [3.63, 3.8) is 0 Å². The molecule has 4 heteroatoms. The molecular weight excluding hydrogens is 333 g/mol. The monoisotopic (exact) mass is 355 g/mol. The van der Waals surface area contributed by atoms with E-state index in [1.54, 1.807) is 6.07 Å². The molecule has 0 spiro atoms. The van der Waals surface area contributed by atoms with E-state index in [0.29, 0.717) is 11.3 Å². The summed E-state index contributed by atoms with van der Waals surface area (Å²) in [5.74, 6) is 0.0855. The Balaban J connectivity index is 1.66. The van der Waals surface area contributed by atoms with Crippen LogP contribution >= 0.6 is 11.8 Å². The van der Waals surface area contributed by atoms with E-state index in [1.165, 1.54) is 29.0 Å². The van der Waals surface area contributed by atoms with Crippen LogP contribution < -0.4 is 0 Å². The van der Waals surface area contributed by atoms with Gasteiger partial charge in [-0.15, -0.1) is 0 Å². The molecule has 2 aromatic rings. The van der Waals surface area contributed by atoms with Gasteiger partial charge in [-0.1, -0.05) is 36.9 Å². The fourth-order valence-corrected chi connectivity index (χ4v) is 5.38. The highest BCUT2D eigenvalue weighted by atomic mass is 32.2. The summed E-state index contributed by atoms with van der Waals surface area (Å²) in [6, 6.07) is 13.7. The molecule has 4 rings (SSSR count). The Morgan fingerprint density at radius 1 is 1.20 bits per heavy atom. The summed E-state index contributed by atoms with van der Waals surface area (Å²) in [5, 5.41) is 0. The quantitative estimate of drug-likeness (QED) is 0.771. The summed E-state index contributed by atoms with van der Waals surface area (Å²) in [5.41, 5.74) is 2.74. The number of hydrogen-bond donors (Lipinski definition) is 0. The predicted octanol–water partition coefficient (Wildman–Crippen LogP) is 4.80. The largest absolute Gasteiger partial charge is 0.342 e. The molecule has 130 valence electrons. The van der Waals surface area contributed by atoms with Gasteiger partial charge in [-0.25, -0.2) is 4.39 Å². The van der Waals surface area contributed by atoms with Gasteiger partial charge in [0.05, 0.1) is 0 Å². The molecule has 1 saturated heterocycles. The standard InChI is InChI=1S/C21H22FNOS/c1-21-12-11-20(24)23(2)19(21)10-7-14-13-15(8-9-16(14)21)25-18-6-4-3-5-17(18)22/h3-6,8-9,13,19H,7,10-12H2,1-2H3/t19-,21-/m1/s1. The highest BCUT2D eigenvalue weighted by Crippen LogP contribution is 2.46. The average molecular weight is 355 g/mol.